The molecule has 8 heteroatoms. The third kappa shape index (κ3) is 3.44. The lowest BCUT2D eigenvalue weighted by Gasteiger charge is -2.15. The van der Waals surface area contributed by atoms with Crippen molar-refractivity contribution in [3.05, 3.63) is 22.2 Å². The Morgan fingerprint density at radius 1 is 1.61 bits per heavy atom. The van der Waals surface area contributed by atoms with Gasteiger partial charge in [-0.1, -0.05) is 5.11 Å². The minimum absolute atomic E-state index is 0.0534. The fourth-order valence-electron chi connectivity index (χ4n) is 1.57. The van der Waals surface area contributed by atoms with Gasteiger partial charge in [-0.15, -0.1) is 0 Å². The summed E-state index contributed by atoms with van der Waals surface area (Å²) in [6.45, 7) is 2.82. The Balaban J connectivity index is 2.97. The number of aliphatic hydroxyl groups is 1. The maximum absolute atomic E-state index is 11.5. The van der Waals surface area contributed by atoms with E-state index in [0.29, 0.717) is 0 Å². The molecule has 0 amide bonds. The average Bonchev–Trinajstić information content (AvgIpc) is 2.62. The average molecular weight is 257 g/mol. The molecule has 0 aromatic rings. The van der Waals surface area contributed by atoms with Gasteiger partial charge in [0.15, 0.2) is 11.9 Å². The number of nitrogens with zero attached hydrogens (tertiary/aromatic N) is 3. The maximum atomic E-state index is 11.5. The molecule has 0 aromatic carbocycles. The van der Waals surface area contributed by atoms with Crippen LogP contribution in [0.5, 0.6) is 0 Å². The predicted molar refractivity (Wildman–Crippen MR) is 60.2 cm³/mol. The van der Waals surface area contributed by atoms with E-state index in [1.165, 1.54) is 13.2 Å². The zero-order valence-electron chi connectivity index (χ0n) is 10.4. The van der Waals surface area contributed by atoms with Gasteiger partial charge in [0, 0.05) is 10.6 Å². The summed E-state index contributed by atoms with van der Waals surface area (Å²) in [6, 6.07) is 0. The highest BCUT2D eigenvalue weighted by Gasteiger charge is 2.45. The molecule has 1 saturated heterocycles. The number of hydrogen-bond donors (Lipinski definition) is 1. The molecule has 0 radical (unpaired) electrons. The molecular weight excluding hydrogens is 242 g/mol. The molecule has 1 N–H and O–H groups in total. The van der Waals surface area contributed by atoms with Crippen molar-refractivity contribution in [2.45, 2.75) is 31.8 Å². The molecule has 0 aromatic heterocycles. The SMILES string of the molecule is COC(=O)[C@H]1OC(C)(C)O[C@H]1/C=C(/CO)N=[N+]=[N-]. The number of hydrogen-bond acceptors (Lipinski definition) is 6. The van der Waals surface area contributed by atoms with Crippen LogP contribution >= 0.6 is 0 Å². The predicted octanol–water partition coefficient (Wildman–Crippen LogP) is 0.866. The first kappa shape index (κ1) is 14.5. The second-order valence-corrected chi connectivity index (χ2v) is 4.05. The highest BCUT2D eigenvalue weighted by molar-refractivity contribution is 5.76. The lowest BCUT2D eigenvalue weighted by atomic mass is 10.2. The third-order valence-electron chi connectivity index (χ3n) is 2.25. The quantitative estimate of drug-likeness (QED) is 0.347. The van der Waals surface area contributed by atoms with Gasteiger partial charge in [-0.2, -0.15) is 0 Å². The van der Waals surface area contributed by atoms with Crippen LogP contribution in [0, 0.1) is 0 Å². The van der Waals surface area contributed by atoms with Crippen molar-refractivity contribution in [3.8, 4) is 0 Å². The lowest BCUT2D eigenvalue weighted by Crippen LogP contribution is -2.31. The Morgan fingerprint density at radius 3 is 2.78 bits per heavy atom. The molecule has 8 nitrogen and oxygen atoms in total. The summed E-state index contributed by atoms with van der Waals surface area (Å²) in [5.41, 5.74) is 8.36. The zero-order chi connectivity index (χ0) is 13.8. The number of aliphatic hydroxyl groups excluding tert-OH is 1. The molecule has 100 valence electrons. The molecule has 18 heavy (non-hydrogen) atoms. The van der Waals surface area contributed by atoms with Gasteiger partial charge in [0.05, 0.1) is 13.7 Å². The highest BCUT2D eigenvalue weighted by Crippen LogP contribution is 2.30. The molecule has 0 bridgehead atoms. The summed E-state index contributed by atoms with van der Waals surface area (Å²) in [5.74, 6) is -1.56. The smallest absolute Gasteiger partial charge is 0.338 e. The van der Waals surface area contributed by atoms with Gasteiger partial charge in [0.1, 0.15) is 6.10 Å². The van der Waals surface area contributed by atoms with Crippen LogP contribution in [-0.2, 0) is 19.0 Å². The minimum atomic E-state index is -0.961. The number of rotatable bonds is 4. The van der Waals surface area contributed by atoms with Crippen molar-refractivity contribution in [2.24, 2.45) is 5.11 Å². The van der Waals surface area contributed by atoms with E-state index in [4.69, 9.17) is 20.1 Å². The van der Waals surface area contributed by atoms with Crippen LogP contribution in [0.2, 0.25) is 0 Å². The maximum Gasteiger partial charge on any atom is 0.338 e. The van der Waals surface area contributed by atoms with E-state index in [1.807, 2.05) is 0 Å². The van der Waals surface area contributed by atoms with Gasteiger partial charge in [-0.3, -0.25) is 0 Å². The number of ether oxygens (including phenoxy) is 3. The molecule has 0 aliphatic carbocycles. The molecule has 0 saturated carbocycles. The normalized spacial score (nSPS) is 26.6. The number of carbonyl (C=O) groups is 1. The Bertz CT molecular complexity index is 400. The van der Waals surface area contributed by atoms with Crippen LogP contribution in [0.25, 0.3) is 10.4 Å². The molecule has 1 aliphatic rings. The van der Waals surface area contributed by atoms with Crippen LogP contribution in [0.15, 0.2) is 16.9 Å². The van der Waals surface area contributed by atoms with Crippen LogP contribution < -0.4 is 0 Å². The first-order valence-electron chi connectivity index (χ1n) is 5.23. The van der Waals surface area contributed by atoms with Crippen molar-refractivity contribution in [2.75, 3.05) is 13.7 Å². The Labute approximate surface area is 104 Å². The second-order valence-electron chi connectivity index (χ2n) is 4.05. The molecule has 1 fully saturated rings. The van der Waals surface area contributed by atoms with E-state index in [9.17, 15) is 4.79 Å². The summed E-state index contributed by atoms with van der Waals surface area (Å²) in [6.07, 6.45) is -0.392. The highest BCUT2D eigenvalue weighted by atomic mass is 16.8. The number of esters is 1. The fraction of sp³-hybridized carbons (Fsp3) is 0.700. The standard InChI is InChI=1S/C10H15N3O5/c1-10(2)17-7(4-6(5-14)12-13-11)8(18-10)9(15)16-3/h4,7-8,14H,5H2,1-3H3/b6-4-/t7-,8-/m0/s1. The van der Waals surface area contributed by atoms with Gasteiger partial charge in [-0.05, 0) is 25.5 Å². The first-order valence-corrected chi connectivity index (χ1v) is 5.23. The Kier molecular flexibility index (Phi) is 4.69. The van der Waals surface area contributed by atoms with E-state index in [2.05, 4.69) is 14.8 Å². The lowest BCUT2D eigenvalue weighted by molar-refractivity contribution is -0.167. The van der Waals surface area contributed by atoms with E-state index < -0.39 is 30.6 Å². The summed E-state index contributed by atoms with van der Waals surface area (Å²) in [5, 5.41) is 12.3. The monoisotopic (exact) mass is 257 g/mol. The van der Waals surface area contributed by atoms with Crippen molar-refractivity contribution >= 4 is 5.97 Å². The van der Waals surface area contributed by atoms with Crippen LogP contribution in [0.4, 0.5) is 0 Å². The second kappa shape index (κ2) is 5.83. The van der Waals surface area contributed by atoms with Gasteiger partial charge >= 0.3 is 5.97 Å². The number of azide groups is 1. The van der Waals surface area contributed by atoms with E-state index >= 15 is 0 Å². The molecule has 0 spiro atoms. The molecule has 0 unspecified atom stereocenters. The van der Waals surface area contributed by atoms with Crippen LogP contribution in [0.3, 0.4) is 0 Å². The Hall–Kier alpha value is -1.60. The molecule has 1 heterocycles. The van der Waals surface area contributed by atoms with E-state index in [0.717, 1.165) is 0 Å². The first-order chi connectivity index (χ1) is 8.43. The number of methoxy groups -OCH3 is 1. The van der Waals surface area contributed by atoms with Crippen molar-refractivity contribution in [3.63, 3.8) is 0 Å². The number of carbonyl (C=O) groups excluding carboxylic acids is 1. The largest absolute Gasteiger partial charge is 0.467 e. The fourth-order valence-corrected chi connectivity index (χ4v) is 1.57. The van der Waals surface area contributed by atoms with Crippen LogP contribution in [0.1, 0.15) is 13.8 Å². The molecule has 2 atom stereocenters. The van der Waals surface area contributed by atoms with Gasteiger partial charge in [0.2, 0.25) is 0 Å². The summed E-state index contributed by atoms with van der Waals surface area (Å²) in [4.78, 5) is 14.1. The van der Waals surface area contributed by atoms with Crippen molar-refractivity contribution in [1.29, 1.82) is 0 Å². The van der Waals surface area contributed by atoms with E-state index in [1.54, 1.807) is 13.8 Å². The topological polar surface area (TPSA) is 114 Å². The summed E-state index contributed by atoms with van der Waals surface area (Å²) < 4.78 is 15.4. The van der Waals surface area contributed by atoms with Crippen molar-refractivity contribution < 1.29 is 24.1 Å². The molecule has 1 aliphatic heterocycles. The van der Waals surface area contributed by atoms with Gasteiger partial charge in [-0.25, -0.2) is 4.79 Å². The summed E-state index contributed by atoms with van der Waals surface area (Å²) >= 11 is 0. The van der Waals surface area contributed by atoms with Gasteiger partial charge in [0.25, 0.3) is 0 Å². The third-order valence-corrected chi connectivity index (χ3v) is 2.25. The Morgan fingerprint density at radius 2 is 2.28 bits per heavy atom. The minimum Gasteiger partial charge on any atom is -0.467 e. The zero-order valence-corrected chi connectivity index (χ0v) is 10.4. The molecular formula is C10H15N3O5. The van der Waals surface area contributed by atoms with Crippen molar-refractivity contribution in [1.82, 2.24) is 0 Å². The van der Waals surface area contributed by atoms with E-state index in [-0.39, 0.29) is 5.70 Å². The van der Waals surface area contributed by atoms with Crippen LogP contribution in [-0.4, -0.2) is 42.8 Å². The molecule has 1 rings (SSSR count). The summed E-state index contributed by atoms with van der Waals surface area (Å²) in [7, 11) is 1.23. The van der Waals surface area contributed by atoms with Gasteiger partial charge < -0.3 is 19.3 Å².